The molecule has 7 nitrogen and oxygen atoms in total. The summed E-state index contributed by atoms with van der Waals surface area (Å²) in [6.45, 7) is 25.8. The average Bonchev–Trinajstić information content (AvgIpc) is 2.74. The molecule has 6 atom stereocenters. The molecule has 1 saturated carbocycles. The van der Waals surface area contributed by atoms with Crippen LogP contribution in [0.5, 0.6) is 0 Å². The van der Waals surface area contributed by atoms with Crippen molar-refractivity contribution in [3.05, 3.63) is 23.5 Å². The smallest absolute Gasteiger partial charge is 0.242 e. The van der Waals surface area contributed by atoms with Gasteiger partial charge in [-0.25, -0.2) is 0 Å². The quantitative estimate of drug-likeness (QED) is 0.249. The number of ether oxygens (including phenoxy) is 5. The summed E-state index contributed by atoms with van der Waals surface area (Å²) in [7, 11) is -0.216. The first-order valence-corrected chi connectivity index (χ1v) is 18.0. The third-order valence-electron chi connectivity index (χ3n) is 8.63. The van der Waals surface area contributed by atoms with Gasteiger partial charge in [0.2, 0.25) is 8.32 Å². The van der Waals surface area contributed by atoms with E-state index in [9.17, 15) is 5.11 Å². The highest BCUT2D eigenvalue weighted by Gasteiger charge is 2.59. The van der Waals surface area contributed by atoms with E-state index in [0.29, 0.717) is 13.0 Å². The van der Waals surface area contributed by atoms with Crippen LogP contribution >= 0.6 is 0 Å². The normalized spacial score (nSPS) is 35.5. The number of fused-ring (bicyclic) bond motifs is 1. The minimum Gasteiger partial charge on any atom is -0.545 e. The molecule has 2 aliphatic carbocycles. The van der Waals surface area contributed by atoms with Crippen LogP contribution in [0.15, 0.2) is 23.5 Å². The summed E-state index contributed by atoms with van der Waals surface area (Å²) in [5, 5.41) is 12.7. The molecule has 8 heteroatoms. The van der Waals surface area contributed by atoms with Gasteiger partial charge >= 0.3 is 0 Å². The molecule has 226 valence electrons. The number of rotatable bonds is 9. The van der Waals surface area contributed by atoms with Crippen molar-refractivity contribution in [2.75, 3.05) is 20.5 Å². The van der Waals surface area contributed by atoms with Gasteiger partial charge in [-0.1, -0.05) is 20.8 Å². The highest BCUT2D eigenvalue weighted by atomic mass is 28.4. The third kappa shape index (κ3) is 7.19. The van der Waals surface area contributed by atoms with Gasteiger partial charge < -0.3 is 33.2 Å². The second-order valence-corrected chi connectivity index (χ2v) is 19.5. The molecule has 3 rings (SSSR count). The van der Waals surface area contributed by atoms with Crippen LogP contribution < -0.4 is 0 Å². The molecule has 2 unspecified atom stereocenters. The fraction of sp³-hybridized carbons (Fsp3) is 0.871. The van der Waals surface area contributed by atoms with Gasteiger partial charge in [0.15, 0.2) is 5.79 Å². The number of hydrogen-bond donors (Lipinski definition) is 1. The van der Waals surface area contributed by atoms with E-state index in [2.05, 4.69) is 67.3 Å². The largest absolute Gasteiger partial charge is 0.545 e. The van der Waals surface area contributed by atoms with Crippen molar-refractivity contribution >= 4 is 8.32 Å². The van der Waals surface area contributed by atoms with E-state index in [-0.39, 0.29) is 30.5 Å². The van der Waals surface area contributed by atoms with Gasteiger partial charge in [-0.3, -0.25) is 0 Å². The van der Waals surface area contributed by atoms with Crippen LogP contribution in [-0.4, -0.2) is 69.2 Å². The van der Waals surface area contributed by atoms with Gasteiger partial charge in [-0.05, 0) is 98.2 Å². The van der Waals surface area contributed by atoms with Gasteiger partial charge in [0, 0.05) is 23.9 Å². The lowest BCUT2D eigenvalue weighted by Gasteiger charge is -2.58. The summed E-state index contributed by atoms with van der Waals surface area (Å²) in [5.41, 5.74) is -1.84. The Morgan fingerprint density at radius 3 is 2.28 bits per heavy atom. The minimum atomic E-state index is -1.83. The lowest BCUT2D eigenvalue weighted by molar-refractivity contribution is -0.331. The van der Waals surface area contributed by atoms with E-state index in [4.69, 9.17) is 28.1 Å². The van der Waals surface area contributed by atoms with E-state index >= 15 is 0 Å². The fourth-order valence-electron chi connectivity index (χ4n) is 6.84. The lowest BCUT2D eigenvalue weighted by Crippen LogP contribution is -2.63. The number of aliphatic hydroxyl groups is 1. The van der Waals surface area contributed by atoms with Crippen molar-refractivity contribution < 1.29 is 33.2 Å². The van der Waals surface area contributed by atoms with Crippen molar-refractivity contribution in [1.82, 2.24) is 0 Å². The number of allylic oxidation sites excluding steroid dienone is 1. The summed E-state index contributed by atoms with van der Waals surface area (Å²) in [6, 6.07) is 0. The molecule has 0 radical (unpaired) electrons. The van der Waals surface area contributed by atoms with Crippen LogP contribution in [0.2, 0.25) is 19.6 Å². The Kier molecular flexibility index (Phi) is 9.37. The molecule has 0 amide bonds. The van der Waals surface area contributed by atoms with Crippen LogP contribution in [0.3, 0.4) is 0 Å². The second-order valence-electron chi connectivity index (χ2n) is 15.1. The first-order valence-electron chi connectivity index (χ1n) is 14.6. The summed E-state index contributed by atoms with van der Waals surface area (Å²) in [4.78, 5) is 0. The zero-order chi connectivity index (χ0) is 29.7. The highest BCUT2D eigenvalue weighted by Crippen LogP contribution is 2.55. The Morgan fingerprint density at radius 1 is 1.10 bits per heavy atom. The molecule has 39 heavy (non-hydrogen) atoms. The fourth-order valence-corrected chi connectivity index (χ4v) is 7.66. The SMILES string of the molecule is COCOC(C[C@]1(C)[C@@H](OC(C)(C)C)CC[C@@H]2OC(C)(C)OC[C@@H]21)C1(O)C(C)=CC(O[Si](C)(C)C)=CC1(C)C. The average molecular weight is 569 g/mol. The van der Waals surface area contributed by atoms with Gasteiger partial charge in [-0.15, -0.1) is 0 Å². The maximum atomic E-state index is 12.7. The Labute approximate surface area is 238 Å². The Morgan fingerprint density at radius 2 is 1.74 bits per heavy atom. The molecular formula is C31H56O7Si. The van der Waals surface area contributed by atoms with Gasteiger partial charge in [-0.2, -0.15) is 0 Å². The van der Waals surface area contributed by atoms with Gasteiger partial charge in [0.05, 0.1) is 36.3 Å². The first-order chi connectivity index (χ1) is 17.6. The molecule has 0 aromatic heterocycles. The molecular weight excluding hydrogens is 512 g/mol. The van der Waals surface area contributed by atoms with E-state index in [1.165, 1.54) is 0 Å². The Hall–Kier alpha value is -0.743. The summed E-state index contributed by atoms with van der Waals surface area (Å²) < 4.78 is 37.6. The molecule has 1 aliphatic heterocycles. The monoisotopic (exact) mass is 568 g/mol. The number of methoxy groups -OCH3 is 1. The van der Waals surface area contributed by atoms with Crippen molar-refractivity contribution in [2.24, 2.45) is 16.7 Å². The number of hydrogen-bond acceptors (Lipinski definition) is 7. The van der Waals surface area contributed by atoms with Crippen LogP contribution in [0.4, 0.5) is 0 Å². The van der Waals surface area contributed by atoms with Gasteiger partial charge in [0.1, 0.15) is 12.4 Å². The van der Waals surface area contributed by atoms with E-state index in [0.717, 1.165) is 24.2 Å². The van der Waals surface area contributed by atoms with E-state index in [1.54, 1.807) is 7.11 Å². The topological polar surface area (TPSA) is 75.6 Å². The molecule has 3 aliphatic rings. The summed E-state index contributed by atoms with van der Waals surface area (Å²) >= 11 is 0. The molecule has 0 bridgehead atoms. The summed E-state index contributed by atoms with van der Waals surface area (Å²) in [5.74, 6) is 0.286. The molecule has 1 saturated heterocycles. The van der Waals surface area contributed by atoms with E-state index in [1.807, 2.05) is 26.8 Å². The summed E-state index contributed by atoms with van der Waals surface area (Å²) in [6.07, 6.45) is 5.79. The highest BCUT2D eigenvalue weighted by molar-refractivity contribution is 6.70. The van der Waals surface area contributed by atoms with Gasteiger partial charge in [0.25, 0.3) is 0 Å². The molecule has 1 heterocycles. The maximum absolute atomic E-state index is 12.7. The Balaban J connectivity index is 2.05. The van der Waals surface area contributed by atoms with Crippen LogP contribution in [0.25, 0.3) is 0 Å². The molecule has 2 fully saturated rings. The van der Waals surface area contributed by atoms with Crippen molar-refractivity contribution in [1.29, 1.82) is 0 Å². The van der Waals surface area contributed by atoms with Crippen molar-refractivity contribution in [2.45, 2.75) is 137 Å². The van der Waals surface area contributed by atoms with E-state index < -0.39 is 36.6 Å². The zero-order valence-corrected chi connectivity index (χ0v) is 27.9. The standard InChI is InChI=1S/C31H56O7Si/c1-21-16-22(38-39(11,12)13)17-28(5,6)31(21,32)26(34-20-33-10)18-30(9)23-19-35-29(7,8)36-24(23)14-15-25(30)37-27(2,3)4/h16-17,23-26,32H,14-15,18-20H2,1-13H3/t23-,24-,25-,26?,30-,31?/m0/s1. The second kappa shape index (κ2) is 11.2. The minimum absolute atomic E-state index is 0.0453. The Bertz CT molecular complexity index is 928. The maximum Gasteiger partial charge on any atom is 0.242 e. The molecule has 0 spiro atoms. The van der Waals surface area contributed by atoms with Crippen LogP contribution in [-0.2, 0) is 28.1 Å². The van der Waals surface area contributed by atoms with Crippen LogP contribution in [0.1, 0.15) is 81.6 Å². The molecule has 1 N–H and O–H groups in total. The predicted octanol–water partition coefficient (Wildman–Crippen LogP) is 6.57. The molecule has 0 aromatic carbocycles. The lowest BCUT2D eigenvalue weighted by atomic mass is 9.57. The predicted molar refractivity (Wildman–Crippen MR) is 157 cm³/mol. The van der Waals surface area contributed by atoms with Crippen LogP contribution in [0, 0.1) is 16.7 Å². The van der Waals surface area contributed by atoms with Crippen molar-refractivity contribution in [3.63, 3.8) is 0 Å². The molecule has 0 aromatic rings. The van der Waals surface area contributed by atoms with Crippen molar-refractivity contribution in [3.8, 4) is 0 Å². The first kappa shape index (κ1) is 32.8. The third-order valence-corrected chi connectivity index (χ3v) is 9.48. The zero-order valence-electron chi connectivity index (χ0n) is 26.9.